The van der Waals surface area contributed by atoms with Gasteiger partial charge in [-0.25, -0.2) is 9.97 Å². The van der Waals surface area contributed by atoms with Gasteiger partial charge < -0.3 is 4.42 Å². The van der Waals surface area contributed by atoms with Crippen LogP contribution in [-0.4, -0.2) is 14.5 Å². The molecule has 0 fully saturated rings. The zero-order chi connectivity index (χ0) is 30.2. The normalized spacial score (nSPS) is 11.9. The van der Waals surface area contributed by atoms with Crippen LogP contribution in [0.5, 0.6) is 0 Å². The fourth-order valence-electron chi connectivity index (χ4n) is 7.09. The van der Waals surface area contributed by atoms with Crippen LogP contribution in [0.4, 0.5) is 0 Å². The Hall–Kier alpha value is -6.26. The fraction of sp³-hybridized carbons (Fsp3) is 0. The summed E-state index contributed by atoms with van der Waals surface area (Å²) in [5, 5.41) is 6.80. The molecule has 0 N–H and O–H groups in total. The summed E-state index contributed by atoms with van der Waals surface area (Å²) < 4.78 is 8.89. The molecule has 0 atom stereocenters. The largest absolute Gasteiger partial charge is 0.455 e. The van der Waals surface area contributed by atoms with Crippen molar-refractivity contribution in [2.24, 2.45) is 0 Å². The number of fused-ring (bicyclic) bond motifs is 10. The quantitative estimate of drug-likeness (QED) is 0.207. The van der Waals surface area contributed by atoms with E-state index in [1.165, 1.54) is 0 Å². The van der Waals surface area contributed by atoms with Crippen LogP contribution in [-0.2, 0) is 0 Å². The van der Waals surface area contributed by atoms with E-state index in [4.69, 9.17) is 14.4 Å². The maximum Gasteiger partial charge on any atom is 0.165 e. The third kappa shape index (κ3) is 3.61. The summed E-state index contributed by atoms with van der Waals surface area (Å²) in [4.78, 5) is 10.6. The summed E-state index contributed by atoms with van der Waals surface area (Å²) >= 11 is 0. The van der Waals surface area contributed by atoms with Gasteiger partial charge in [-0.15, -0.1) is 0 Å². The second-order valence-corrected chi connectivity index (χ2v) is 11.8. The van der Waals surface area contributed by atoms with E-state index in [9.17, 15) is 0 Å². The summed E-state index contributed by atoms with van der Waals surface area (Å²) in [6, 6.07) is 52.9. The molecule has 214 valence electrons. The molecule has 0 spiro atoms. The van der Waals surface area contributed by atoms with Gasteiger partial charge in [0.1, 0.15) is 16.9 Å². The molecule has 0 radical (unpaired) electrons. The van der Waals surface area contributed by atoms with E-state index in [0.717, 1.165) is 93.8 Å². The molecule has 10 aromatic rings. The molecule has 4 nitrogen and oxygen atoms in total. The Balaban J connectivity index is 1.34. The van der Waals surface area contributed by atoms with Crippen molar-refractivity contribution in [3.05, 3.63) is 152 Å². The first-order valence-electron chi connectivity index (χ1n) is 15.5. The van der Waals surface area contributed by atoms with Crippen LogP contribution >= 0.6 is 0 Å². The van der Waals surface area contributed by atoms with E-state index in [0.29, 0.717) is 0 Å². The highest BCUT2D eigenvalue weighted by molar-refractivity contribution is 6.29. The highest BCUT2D eigenvalue weighted by atomic mass is 16.3. The summed E-state index contributed by atoms with van der Waals surface area (Å²) in [6.07, 6.45) is 0. The lowest BCUT2D eigenvalue weighted by atomic mass is 10.0. The second kappa shape index (κ2) is 9.62. The Morgan fingerprint density at radius 1 is 0.457 bits per heavy atom. The Bertz CT molecular complexity index is 2810. The van der Waals surface area contributed by atoms with Crippen LogP contribution in [0.25, 0.3) is 93.8 Å². The maximum absolute atomic E-state index is 6.61. The molecule has 0 aliphatic heterocycles. The maximum atomic E-state index is 6.61. The molecule has 0 saturated heterocycles. The lowest BCUT2D eigenvalue weighted by molar-refractivity contribution is 0.673. The van der Waals surface area contributed by atoms with E-state index in [-0.39, 0.29) is 0 Å². The SMILES string of the molecule is c1ccc(-c2cccc(-c3nc4ccccc4nc3-n3c4ccccc4c4c5c(ccc6c7ccccc7oc65)ccc43)c2)cc1. The first-order valence-corrected chi connectivity index (χ1v) is 15.5. The Morgan fingerprint density at radius 3 is 2.04 bits per heavy atom. The van der Waals surface area contributed by atoms with Crippen LogP contribution in [0.15, 0.2) is 156 Å². The van der Waals surface area contributed by atoms with Gasteiger partial charge in [-0.2, -0.15) is 0 Å². The molecule has 3 aromatic heterocycles. The molecular formula is C42H25N3O. The molecule has 46 heavy (non-hydrogen) atoms. The smallest absolute Gasteiger partial charge is 0.165 e. The lowest BCUT2D eigenvalue weighted by Gasteiger charge is -2.14. The molecule has 0 unspecified atom stereocenters. The minimum absolute atomic E-state index is 0.797. The number of nitrogens with zero attached hydrogens (tertiary/aromatic N) is 3. The van der Waals surface area contributed by atoms with Crippen molar-refractivity contribution in [3.8, 4) is 28.2 Å². The summed E-state index contributed by atoms with van der Waals surface area (Å²) in [7, 11) is 0. The van der Waals surface area contributed by atoms with Crippen molar-refractivity contribution in [2.75, 3.05) is 0 Å². The van der Waals surface area contributed by atoms with Gasteiger partial charge in [0.25, 0.3) is 0 Å². The summed E-state index contributed by atoms with van der Waals surface area (Å²) in [5.41, 5.74) is 9.81. The van der Waals surface area contributed by atoms with Crippen LogP contribution < -0.4 is 0 Å². The van der Waals surface area contributed by atoms with Crippen molar-refractivity contribution in [1.29, 1.82) is 0 Å². The van der Waals surface area contributed by atoms with Crippen LogP contribution in [0, 0.1) is 0 Å². The minimum Gasteiger partial charge on any atom is -0.455 e. The van der Waals surface area contributed by atoms with Gasteiger partial charge >= 0.3 is 0 Å². The van der Waals surface area contributed by atoms with Gasteiger partial charge in [-0.3, -0.25) is 4.57 Å². The van der Waals surface area contributed by atoms with E-state index < -0.39 is 0 Å². The first-order chi connectivity index (χ1) is 22.8. The molecule has 0 amide bonds. The second-order valence-electron chi connectivity index (χ2n) is 11.8. The third-order valence-corrected chi connectivity index (χ3v) is 9.17. The first kappa shape index (κ1) is 25.1. The van der Waals surface area contributed by atoms with Crippen molar-refractivity contribution in [2.45, 2.75) is 0 Å². The minimum atomic E-state index is 0.797. The predicted octanol–water partition coefficient (Wildman–Crippen LogP) is 11.1. The fourth-order valence-corrected chi connectivity index (χ4v) is 7.09. The number of hydrogen-bond donors (Lipinski definition) is 0. The number of benzene rings is 7. The number of rotatable bonds is 3. The Labute approximate surface area is 263 Å². The van der Waals surface area contributed by atoms with Crippen LogP contribution in [0.3, 0.4) is 0 Å². The van der Waals surface area contributed by atoms with E-state index in [1.54, 1.807) is 0 Å². The molecule has 7 aromatic carbocycles. The molecule has 4 heteroatoms. The summed E-state index contributed by atoms with van der Waals surface area (Å²) in [5.74, 6) is 0.797. The van der Waals surface area contributed by atoms with E-state index in [1.807, 2.05) is 42.5 Å². The molecule has 0 aliphatic carbocycles. The van der Waals surface area contributed by atoms with Crippen molar-refractivity contribution in [1.82, 2.24) is 14.5 Å². The van der Waals surface area contributed by atoms with Gasteiger partial charge in [-0.05, 0) is 59.0 Å². The highest BCUT2D eigenvalue weighted by Crippen LogP contribution is 2.43. The van der Waals surface area contributed by atoms with Gasteiger partial charge in [-0.1, -0.05) is 109 Å². The number of para-hydroxylation sites is 4. The average Bonchev–Trinajstić information content (AvgIpc) is 3.67. The Morgan fingerprint density at radius 2 is 1.15 bits per heavy atom. The van der Waals surface area contributed by atoms with Gasteiger partial charge in [0, 0.05) is 32.5 Å². The zero-order valence-corrected chi connectivity index (χ0v) is 24.7. The molecule has 3 heterocycles. The van der Waals surface area contributed by atoms with E-state index in [2.05, 4.69) is 114 Å². The molecule has 0 bridgehead atoms. The topological polar surface area (TPSA) is 43.9 Å². The van der Waals surface area contributed by atoms with Crippen molar-refractivity contribution in [3.63, 3.8) is 0 Å². The van der Waals surface area contributed by atoms with Crippen molar-refractivity contribution < 1.29 is 4.42 Å². The van der Waals surface area contributed by atoms with Gasteiger partial charge in [0.05, 0.1) is 22.1 Å². The molecule has 10 rings (SSSR count). The zero-order valence-electron chi connectivity index (χ0n) is 24.7. The Kier molecular flexibility index (Phi) is 5.25. The van der Waals surface area contributed by atoms with Crippen LogP contribution in [0.1, 0.15) is 0 Å². The lowest BCUT2D eigenvalue weighted by Crippen LogP contribution is -2.03. The monoisotopic (exact) mass is 587 g/mol. The standard InChI is InChI=1S/C42H25N3O/c1-2-11-26(12-3-1)28-13-10-14-29(25-28)40-42(44-34-18-7-6-17-33(34)43-40)45-35-19-8-4-16-32(35)39-36(45)24-22-27-21-23-31-30-15-5-9-20-37(30)46-41(31)38(27)39/h1-25H. The number of furan rings is 1. The highest BCUT2D eigenvalue weighted by Gasteiger charge is 2.22. The molecular weight excluding hydrogens is 562 g/mol. The average molecular weight is 588 g/mol. The van der Waals surface area contributed by atoms with E-state index >= 15 is 0 Å². The molecule has 0 saturated carbocycles. The summed E-state index contributed by atoms with van der Waals surface area (Å²) in [6.45, 7) is 0. The van der Waals surface area contributed by atoms with Crippen molar-refractivity contribution >= 4 is 65.6 Å². The number of aromatic nitrogens is 3. The van der Waals surface area contributed by atoms with Gasteiger partial charge in [0.15, 0.2) is 5.82 Å². The predicted molar refractivity (Wildman–Crippen MR) is 190 cm³/mol. The van der Waals surface area contributed by atoms with Gasteiger partial charge in [0.2, 0.25) is 0 Å². The number of hydrogen-bond acceptors (Lipinski definition) is 3. The van der Waals surface area contributed by atoms with Crippen LogP contribution in [0.2, 0.25) is 0 Å². The third-order valence-electron chi connectivity index (χ3n) is 9.17. The molecule has 0 aliphatic rings.